The van der Waals surface area contributed by atoms with Gasteiger partial charge in [0.2, 0.25) is 5.78 Å². The highest BCUT2D eigenvalue weighted by atomic mass is 35.5. The molecule has 23 heavy (non-hydrogen) atoms. The quantitative estimate of drug-likeness (QED) is 0.555. The predicted octanol–water partition coefficient (Wildman–Crippen LogP) is 4.63. The zero-order valence-electron chi connectivity index (χ0n) is 12.0. The molecule has 0 saturated carbocycles. The number of carbonyl (C=O) groups is 2. The van der Waals surface area contributed by atoms with Gasteiger partial charge < -0.3 is 9.72 Å². The second-order valence-corrected chi connectivity index (χ2v) is 5.82. The van der Waals surface area contributed by atoms with Crippen molar-refractivity contribution in [1.82, 2.24) is 4.98 Å². The van der Waals surface area contributed by atoms with Gasteiger partial charge in [0.1, 0.15) is 5.69 Å². The van der Waals surface area contributed by atoms with Gasteiger partial charge in [0, 0.05) is 33.4 Å². The molecule has 0 saturated heterocycles. The fraction of sp³-hybridized carbons (Fsp3) is 0.0588. The summed E-state index contributed by atoms with van der Waals surface area (Å²) in [5.74, 6) is -0.642. The van der Waals surface area contributed by atoms with Crippen LogP contribution in [0.5, 0.6) is 5.75 Å². The number of halogens is 2. The molecule has 0 spiro atoms. The van der Waals surface area contributed by atoms with E-state index < -0.39 is 5.97 Å². The number of fused-ring (bicyclic) bond motifs is 1. The molecule has 1 aromatic heterocycles. The Morgan fingerprint density at radius 3 is 2.30 bits per heavy atom. The van der Waals surface area contributed by atoms with E-state index in [1.54, 1.807) is 42.5 Å². The summed E-state index contributed by atoms with van der Waals surface area (Å²) >= 11 is 11.8. The number of ether oxygens (including phenoxy) is 1. The molecule has 3 rings (SSSR count). The molecular weight excluding hydrogens is 337 g/mol. The molecular formula is C17H11Cl2NO3. The average Bonchev–Trinajstić information content (AvgIpc) is 2.85. The van der Waals surface area contributed by atoms with Crippen molar-refractivity contribution >= 4 is 45.9 Å². The van der Waals surface area contributed by atoms with Crippen LogP contribution in [0.2, 0.25) is 10.0 Å². The van der Waals surface area contributed by atoms with Gasteiger partial charge in [-0.15, -0.1) is 0 Å². The lowest BCUT2D eigenvalue weighted by atomic mass is 10.1. The average molecular weight is 348 g/mol. The van der Waals surface area contributed by atoms with Crippen molar-refractivity contribution in [3.05, 3.63) is 63.8 Å². The second kappa shape index (κ2) is 6.07. The summed E-state index contributed by atoms with van der Waals surface area (Å²) < 4.78 is 5.24. The summed E-state index contributed by atoms with van der Waals surface area (Å²) in [6.07, 6.45) is 0. The van der Waals surface area contributed by atoms with Crippen LogP contribution in [0.15, 0.2) is 42.5 Å². The van der Waals surface area contributed by atoms with Crippen molar-refractivity contribution < 1.29 is 14.3 Å². The van der Waals surface area contributed by atoms with Crippen LogP contribution in [-0.2, 0) is 4.79 Å². The van der Waals surface area contributed by atoms with Gasteiger partial charge in [0.05, 0.1) is 0 Å². The van der Waals surface area contributed by atoms with Crippen molar-refractivity contribution in [3.8, 4) is 5.75 Å². The fourth-order valence-corrected chi connectivity index (χ4v) is 2.59. The second-order valence-electron chi connectivity index (χ2n) is 4.95. The summed E-state index contributed by atoms with van der Waals surface area (Å²) in [6, 6.07) is 11.5. The van der Waals surface area contributed by atoms with Crippen LogP contribution >= 0.6 is 23.2 Å². The molecule has 0 aliphatic heterocycles. The third-order valence-electron chi connectivity index (χ3n) is 3.29. The number of aromatic nitrogens is 1. The summed E-state index contributed by atoms with van der Waals surface area (Å²) in [5, 5.41) is 1.59. The van der Waals surface area contributed by atoms with E-state index in [1.807, 2.05) is 0 Å². The number of hydrogen-bond acceptors (Lipinski definition) is 3. The summed E-state index contributed by atoms with van der Waals surface area (Å²) in [7, 11) is 0. The molecule has 116 valence electrons. The first-order valence-corrected chi connectivity index (χ1v) is 7.51. The summed E-state index contributed by atoms with van der Waals surface area (Å²) in [4.78, 5) is 27.1. The van der Waals surface area contributed by atoms with E-state index in [1.165, 1.54) is 6.92 Å². The Kier molecular flexibility index (Phi) is 4.11. The fourth-order valence-electron chi connectivity index (χ4n) is 2.29. The van der Waals surface area contributed by atoms with E-state index in [2.05, 4.69) is 4.98 Å². The molecule has 1 N–H and O–H groups in total. The smallest absolute Gasteiger partial charge is 0.308 e. The third kappa shape index (κ3) is 3.09. The van der Waals surface area contributed by atoms with E-state index in [9.17, 15) is 9.59 Å². The van der Waals surface area contributed by atoms with Crippen LogP contribution in [0.25, 0.3) is 10.9 Å². The minimum atomic E-state index is -0.518. The summed E-state index contributed by atoms with van der Waals surface area (Å²) in [5.41, 5.74) is 1.28. The van der Waals surface area contributed by atoms with Crippen molar-refractivity contribution in [2.45, 2.75) is 6.92 Å². The minimum absolute atomic E-state index is 0.176. The van der Waals surface area contributed by atoms with E-state index in [0.717, 1.165) is 0 Å². The van der Waals surface area contributed by atoms with Crippen LogP contribution in [0.3, 0.4) is 0 Å². The Morgan fingerprint density at radius 2 is 1.65 bits per heavy atom. The Morgan fingerprint density at radius 1 is 1.00 bits per heavy atom. The molecule has 0 amide bonds. The van der Waals surface area contributed by atoms with Gasteiger partial charge in [-0.1, -0.05) is 23.2 Å². The van der Waals surface area contributed by atoms with E-state index in [-0.39, 0.29) is 17.2 Å². The highest BCUT2D eigenvalue weighted by Crippen LogP contribution is 2.33. The zero-order chi connectivity index (χ0) is 16.6. The zero-order valence-corrected chi connectivity index (χ0v) is 13.5. The molecule has 1 heterocycles. The number of carbonyl (C=O) groups excluding carboxylic acids is 2. The number of nitrogens with one attached hydrogen (secondary N) is 1. The van der Waals surface area contributed by atoms with Gasteiger partial charge in [-0.25, -0.2) is 0 Å². The highest BCUT2D eigenvalue weighted by molar-refractivity contribution is 6.31. The van der Waals surface area contributed by atoms with Gasteiger partial charge in [0.15, 0.2) is 5.75 Å². The minimum Gasteiger partial charge on any atom is -0.424 e. The summed E-state index contributed by atoms with van der Waals surface area (Å²) in [6.45, 7) is 1.28. The SMILES string of the molecule is CC(=O)Oc1c(C(=O)c2ccc(Cl)cc2)[nH]c2ccc(Cl)cc12. The molecule has 0 bridgehead atoms. The van der Waals surface area contributed by atoms with Gasteiger partial charge in [-0.3, -0.25) is 9.59 Å². The standard InChI is InChI=1S/C17H11Cl2NO3/c1-9(21)23-17-13-8-12(19)6-7-14(13)20-15(17)16(22)10-2-4-11(18)5-3-10/h2-8,20H,1H3. The Bertz CT molecular complexity index is 913. The van der Waals surface area contributed by atoms with E-state index in [0.29, 0.717) is 26.5 Å². The van der Waals surface area contributed by atoms with Crippen LogP contribution < -0.4 is 4.74 Å². The first-order valence-electron chi connectivity index (χ1n) is 6.75. The molecule has 0 aliphatic rings. The largest absolute Gasteiger partial charge is 0.424 e. The number of rotatable bonds is 3. The van der Waals surface area contributed by atoms with Crippen LogP contribution in [0.1, 0.15) is 23.0 Å². The van der Waals surface area contributed by atoms with E-state index >= 15 is 0 Å². The monoisotopic (exact) mass is 347 g/mol. The number of aromatic amines is 1. The van der Waals surface area contributed by atoms with Crippen LogP contribution in [0, 0.1) is 0 Å². The maximum absolute atomic E-state index is 12.7. The van der Waals surface area contributed by atoms with Crippen LogP contribution in [0.4, 0.5) is 0 Å². The Labute approximate surface area is 142 Å². The van der Waals surface area contributed by atoms with Crippen molar-refractivity contribution in [2.75, 3.05) is 0 Å². The predicted molar refractivity (Wildman–Crippen MR) is 89.5 cm³/mol. The molecule has 0 unspecified atom stereocenters. The lowest BCUT2D eigenvalue weighted by Gasteiger charge is -2.04. The topological polar surface area (TPSA) is 59.2 Å². The van der Waals surface area contributed by atoms with Crippen molar-refractivity contribution in [1.29, 1.82) is 0 Å². The molecule has 6 heteroatoms. The maximum atomic E-state index is 12.7. The van der Waals surface area contributed by atoms with Gasteiger partial charge in [-0.2, -0.15) is 0 Å². The van der Waals surface area contributed by atoms with Gasteiger partial charge in [-0.05, 0) is 42.5 Å². The number of ketones is 1. The first-order chi connectivity index (χ1) is 11.0. The Balaban J connectivity index is 2.17. The third-order valence-corrected chi connectivity index (χ3v) is 3.78. The maximum Gasteiger partial charge on any atom is 0.308 e. The molecule has 0 radical (unpaired) electrons. The number of hydrogen-bond donors (Lipinski definition) is 1. The lowest BCUT2D eigenvalue weighted by Crippen LogP contribution is -2.08. The van der Waals surface area contributed by atoms with Crippen LogP contribution in [-0.4, -0.2) is 16.7 Å². The van der Waals surface area contributed by atoms with Crippen molar-refractivity contribution in [2.24, 2.45) is 0 Å². The molecule has 0 aliphatic carbocycles. The van der Waals surface area contributed by atoms with Gasteiger partial charge >= 0.3 is 5.97 Å². The molecule has 4 nitrogen and oxygen atoms in total. The van der Waals surface area contributed by atoms with Gasteiger partial charge in [0.25, 0.3) is 0 Å². The highest BCUT2D eigenvalue weighted by Gasteiger charge is 2.22. The normalized spacial score (nSPS) is 10.7. The number of benzene rings is 2. The number of H-pyrrole nitrogens is 1. The molecule has 2 aromatic carbocycles. The van der Waals surface area contributed by atoms with E-state index in [4.69, 9.17) is 27.9 Å². The number of esters is 1. The molecule has 0 fully saturated rings. The first kappa shape index (κ1) is 15.6. The Hall–Kier alpha value is -2.30. The lowest BCUT2D eigenvalue weighted by molar-refractivity contribution is -0.131. The molecule has 0 atom stereocenters. The van der Waals surface area contributed by atoms with Crippen molar-refractivity contribution in [3.63, 3.8) is 0 Å². The molecule has 3 aromatic rings.